The van der Waals surface area contributed by atoms with Gasteiger partial charge in [0, 0.05) is 24.4 Å². The fourth-order valence-corrected chi connectivity index (χ4v) is 2.73. The summed E-state index contributed by atoms with van der Waals surface area (Å²) < 4.78 is 0. The van der Waals surface area contributed by atoms with Gasteiger partial charge in [0.05, 0.1) is 0 Å². The minimum atomic E-state index is -0.0544. The number of carbonyl (C=O) groups excluding carboxylic acids is 1. The summed E-state index contributed by atoms with van der Waals surface area (Å²) in [4.78, 5) is 15.9. The number of rotatable bonds is 5. The summed E-state index contributed by atoms with van der Waals surface area (Å²) in [5.74, 6) is -0.0544. The standard InChI is InChI=1S/C16H14N4OS/c21-14(7-6-12-4-2-1-3-5-12)18-16-20-19-15(22-16)13-8-10-17-11-9-13/h1-5,8-11H,6-7H2,(H,18,20,21). The van der Waals surface area contributed by atoms with Crippen LogP contribution in [0.3, 0.4) is 0 Å². The van der Waals surface area contributed by atoms with Gasteiger partial charge in [0.2, 0.25) is 11.0 Å². The Morgan fingerprint density at radius 1 is 1.05 bits per heavy atom. The second-order valence-corrected chi connectivity index (χ2v) is 5.66. The van der Waals surface area contributed by atoms with Crippen molar-refractivity contribution in [2.45, 2.75) is 12.8 Å². The lowest BCUT2D eigenvalue weighted by Gasteiger charge is -2.01. The number of nitrogens with zero attached hydrogens (tertiary/aromatic N) is 3. The van der Waals surface area contributed by atoms with Gasteiger partial charge < -0.3 is 5.32 Å². The molecule has 0 saturated heterocycles. The second kappa shape index (κ2) is 6.91. The van der Waals surface area contributed by atoms with Gasteiger partial charge in [-0.15, -0.1) is 10.2 Å². The lowest BCUT2D eigenvalue weighted by atomic mass is 10.1. The first-order chi connectivity index (χ1) is 10.8. The first kappa shape index (κ1) is 14.3. The average molecular weight is 310 g/mol. The highest BCUT2D eigenvalue weighted by Gasteiger charge is 2.09. The summed E-state index contributed by atoms with van der Waals surface area (Å²) >= 11 is 1.35. The van der Waals surface area contributed by atoms with E-state index in [0.29, 0.717) is 18.0 Å². The largest absolute Gasteiger partial charge is 0.301 e. The van der Waals surface area contributed by atoms with E-state index in [9.17, 15) is 4.79 Å². The first-order valence-corrected chi connectivity index (χ1v) is 7.70. The topological polar surface area (TPSA) is 67.8 Å². The number of hydrogen-bond donors (Lipinski definition) is 1. The predicted molar refractivity (Wildman–Crippen MR) is 86.5 cm³/mol. The van der Waals surface area contributed by atoms with Crippen LogP contribution in [0.5, 0.6) is 0 Å². The van der Waals surface area contributed by atoms with Gasteiger partial charge in [-0.3, -0.25) is 9.78 Å². The van der Waals surface area contributed by atoms with E-state index in [1.807, 2.05) is 42.5 Å². The van der Waals surface area contributed by atoms with Crippen LogP contribution in [0, 0.1) is 0 Å². The molecular formula is C16H14N4OS. The summed E-state index contributed by atoms with van der Waals surface area (Å²) in [6.07, 6.45) is 4.54. The van der Waals surface area contributed by atoms with Crippen LogP contribution in [0.15, 0.2) is 54.9 Å². The van der Waals surface area contributed by atoms with Crippen molar-refractivity contribution < 1.29 is 4.79 Å². The van der Waals surface area contributed by atoms with E-state index < -0.39 is 0 Å². The predicted octanol–water partition coefficient (Wildman–Crippen LogP) is 3.17. The maximum Gasteiger partial charge on any atom is 0.226 e. The van der Waals surface area contributed by atoms with Crippen molar-refractivity contribution in [3.63, 3.8) is 0 Å². The minimum absolute atomic E-state index is 0.0544. The molecule has 0 spiro atoms. The van der Waals surface area contributed by atoms with Gasteiger partial charge >= 0.3 is 0 Å². The molecule has 5 nitrogen and oxygen atoms in total. The summed E-state index contributed by atoms with van der Waals surface area (Å²) in [5, 5.41) is 12.2. The van der Waals surface area contributed by atoms with E-state index in [2.05, 4.69) is 20.5 Å². The highest BCUT2D eigenvalue weighted by atomic mass is 32.1. The number of aryl methyl sites for hydroxylation is 1. The number of carbonyl (C=O) groups is 1. The molecule has 3 aromatic rings. The normalized spacial score (nSPS) is 10.4. The SMILES string of the molecule is O=C(CCc1ccccc1)Nc1nnc(-c2ccncc2)s1. The van der Waals surface area contributed by atoms with E-state index >= 15 is 0 Å². The lowest BCUT2D eigenvalue weighted by molar-refractivity contribution is -0.116. The molecule has 110 valence electrons. The maximum atomic E-state index is 11.9. The monoisotopic (exact) mass is 310 g/mol. The summed E-state index contributed by atoms with van der Waals surface area (Å²) in [6.45, 7) is 0. The molecule has 2 aromatic heterocycles. The van der Waals surface area contributed by atoms with Gasteiger partial charge in [0.25, 0.3) is 0 Å². The molecule has 0 atom stereocenters. The molecule has 3 rings (SSSR count). The molecule has 0 saturated carbocycles. The maximum absolute atomic E-state index is 11.9. The Bertz CT molecular complexity index is 743. The van der Waals surface area contributed by atoms with Crippen LogP contribution >= 0.6 is 11.3 Å². The van der Waals surface area contributed by atoms with E-state index in [1.54, 1.807) is 12.4 Å². The zero-order chi connectivity index (χ0) is 15.2. The third-order valence-electron chi connectivity index (χ3n) is 3.08. The smallest absolute Gasteiger partial charge is 0.226 e. The second-order valence-electron chi connectivity index (χ2n) is 4.68. The van der Waals surface area contributed by atoms with Crippen LogP contribution in [0.2, 0.25) is 0 Å². The van der Waals surface area contributed by atoms with Crippen molar-refractivity contribution in [2.24, 2.45) is 0 Å². The Kier molecular flexibility index (Phi) is 4.50. The van der Waals surface area contributed by atoms with Crippen molar-refractivity contribution in [3.05, 3.63) is 60.4 Å². The van der Waals surface area contributed by atoms with Gasteiger partial charge in [-0.1, -0.05) is 41.7 Å². The molecule has 1 aromatic carbocycles. The molecule has 0 unspecified atom stereocenters. The zero-order valence-corrected chi connectivity index (χ0v) is 12.6. The number of nitrogens with one attached hydrogen (secondary N) is 1. The number of amides is 1. The highest BCUT2D eigenvalue weighted by molar-refractivity contribution is 7.18. The van der Waals surface area contributed by atoms with E-state index in [-0.39, 0.29) is 5.91 Å². The number of pyridine rings is 1. The van der Waals surface area contributed by atoms with Crippen LogP contribution in [0.1, 0.15) is 12.0 Å². The average Bonchev–Trinajstić information content (AvgIpc) is 3.03. The Balaban J connectivity index is 1.57. The highest BCUT2D eigenvalue weighted by Crippen LogP contribution is 2.25. The molecule has 1 N–H and O–H groups in total. The van der Waals surface area contributed by atoms with Gasteiger partial charge in [0.1, 0.15) is 5.01 Å². The molecule has 0 bridgehead atoms. The van der Waals surface area contributed by atoms with Crippen molar-refractivity contribution in [2.75, 3.05) is 5.32 Å². The van der Waals surface area contributed by atoms with Gasteiger partial charge in [-0.05, 0) is 24.1 Å². The first-order valence-electron chi connectivity index (χ1n) is 6.89. The van der Waals surface area contributed by atoms with Crippen LogP contribution < -0.4 is 5.32 Å². The third-order valence-corrected chi connectivity index (χ3v) is 3.97. The number of benzene rings is 1. The Hall–Kier alpha value is -2.60. The summed E-state index contributed by atoms with van der Waals surface area (Å²) in [7, 11) is 0. The van der Waals surface area contributed by atoms with Gasteiger partial charge in [-0.25, -0.2) is 0 Å². The molecule has 0 aliphatic heterocycles. The molecule has 0 radical (unpaired) electrons. The lowest BCUT2D eigenvalue weighted by Crippen LogP contribution is -2.12. The molecule has 0 aliphatic carbocycles. The fraction of sp³-hybridized carbons (Fsp3) is 0.125. The zero-order valence-electron chi connectivity index (χ0n) is 11.8. The quantitative estimate of drug-likeness (QED) is 0.786. The molecule has 0 aliphatic rings. The number of anilines is 1. The third kappa shape index (κ3) is 3.73. The van der Waals surface area contributed by atoms with E-state index in [0.717, 1.165) is 16.1 Å². The molecule has 2 heterocycles. The number of aromatic nitrogens is 3. The molecule has 22 heavy (non-hydrogen) atoms. The van der Waals surface area contributed by atoms with Crippen LogP contribution in [-0.2, 0) is 11.2 Å². The van der Waals surface area contributed by atoms with Crippen molar-refractivity contribution in [1.29, 1.82) is 0 Å². The number of hydrogen-bond acceptors (Lipinski definition) is 5. The summed E-state index contributed by atoms with van der Waals surface area (Å²) in [5.41, 5.74) is 2.09. The Labute approximate surface area is 132 Å². The van der Waals surface area contributed by atoms with Crippen molar-refractivity contribution in [1.82, 2.24) is 15.2 Å². The van der Waals surface area contributed by atoms with Crippen molar-refractivity contribution >= 4 is 22.4 Å². The van der Waals surface area contributed by atoms with Crippen molar-refractivity contribution in [3.8, 4) is 10.6 Å². The Morgan fingerprint density at radius 3 is 2.59 bits per heavy atom. The molecule has 6 heteroatoms. The van der Waals surface area contributed by atoms with Crippen LogP contribution in [0.25, 0.3) is 10.6 Å². The molecular weight excluding hydrogens is 296 g/mol. The van der Waals surface area contributed by atoms with E-state index in [1.165, 1.54) is 11.3 Å². The fourth-order valence-electron chi connectivity index (χ4n) is 1.97. The van der Waals surface area contributed by atoms with Gasteiger partial charge in [-0.2, -0.15) is 0 Å². The van der Waals surface area contributed by atoms with Gasteiger partial charge in [0.15, 0.2) is 0 Å². The molecule has 0 fully saturated rings. The minimum Gasteiger partial charge on any atom is -0.301 e. The molecule has 1 amide bonds. The summed E-state index contributed by atoms with van der Waals surface area (Å²) in [6, 6.07) is 13.7. The van der Waals surface area contributed by atoms with Crippen LogP contribution in [0.4, 0.5) is 5.13 Å². The Morgan fingerprint density at radius 2 is 1.82 bits per heavy atom. The van der Waals surface area contributed by atoms with E-state index in [4.69, 9.17) is 0 Å². The van der Waals surface area contributed by atoms with Crippen LogP contribution in [-0.4, -0.2) is 21.1 Å².